The van der Waals surface area contributed by atoms with Crippen LogP contribution in [-0.4, -0.2) is 36.6 Å². The fraction of sp³-hybridized carbons (Fsp3) is 0.750. The number of carbonyl (C=O) groups is 1. The lowest BCUT2D eigenvalue weighted by molar-refractivity contribution is -0.141. The van der Waals surface area contributed by atoms with Crippen molar-refractivity contribution in [3.63, 3.8) is 0 Å². The van der Waals surface area contributed by atoms with E-state index in [1.54, 1.807) is 0 Å². The minimum absolute atomic E-state index is 0.0734. The number of hydrogen-bond donors (Lipinski definition) is 3. The summed E-state index contributed by atoms with van der Waals surface area (Å²) in [5, 5.41) is 13.9. The average Bonchev–Trinajstić information content (AvgIpc) is 2.34. The largest absolute Gasteiger partial charge is 0.480 e. The third-order valence-corrected chi connectivity index (χ3v) is 4.37. The van der Waals surface area contributed by atoms with Crippen LogP contribution in [0.15, 0.2) is 0 Å². The SMILES string of the molecule is O=C(O)C1CC2CC(C#CS(=O)(=O)O)CCC2CN1. The van der Waals surface area contributed by atoms with E-state index in [1.165, 1.54) is 0 Å². The van der Waals surface area contributed by atoms with Crippen LogP contribution < -0.4 is 5.32 Å². The molecule has 1 aliphatic carbocycles. The van der Waals surface area contributed by atoms with Crippen molar-refractivity contribution in [2.24, 2.45) is 17.8 Å². The molecule has 1 aliphatic heterocycles. The second kappa shape index (κ2) is 5.49. The van der Waals surface area contributed by atoms with Gasteiger partial charge in [0.2, 0.25) is 0 Å². The molecule has 0 aromatic rings. The number of carboxylic acids is 1. The Morgan fingerprint density at radius 1 is 1.21 bits per heavy atom. The Bertz CT molecular complexity index is 518. The van der Waals surface area contributed by atoms with Gasteiger partial charge in [0.25, 0.3) is 0 Å². The molecule has 3 N–H and O–H groups in total. The summed E-state index contributed by atoms with van der Waals surface area (Å²) in [6.07, 6.45) is 2.97. The molecule has 19 heavy (non-hydrogen) atoms. The summed E-state index contributed by atoms with van der Waals surface area (Å²) in [4.78, 5) is 11.0. The highest BCUT2D eigenvalue weighted by Gasteiger charge is 2.37. The quantitative estimate of drug-likeness (QED) is 0.474. The van der Waals surface area contributed by atoms with Crippen LogP contribution in [0.25, 0.3) is 0 Å². The van der Waals surface area contributed by atoms with E-state index in [-0.39, 0.29) is 11.8 Å². The molecule has 1 heterocycles. The lowest BCUT2D eigenvalue weighted by atomic mass is 9.70. The van der Waals surface area contributed by atoms with Gasteiger partial charge in [-0.3, -0.25) is 9.35 Å². The van der Waals surface area contributed by atoms with Gasteiger partial charge >= 0.3 is 16.1 Å². The predicted octanol–water partition coefficient (Wildman–Crippen LogP) is 0.314. The topological polar surface area (TPSA) is 104 Å². The third kappa shape index (κ3) is 3.93. The number of rotatable bonds is 1. The zero-order valence-corrected chi connectivity index (χ0v) is 11.2. The number of aliphatic carboxylic acids is 1. The molecule has 2 fully saturated rings. The van der Waals surface area contributed by atoms with Crippen LogP contribution in [0.5, 0.6) is 0 Å². The highest BCUT2D eigenvalue weighted by molar-refractivity contribution is 7.90. The fourth-order valence-electron chi connectivity index (χ4n) is 3.04. The summed E-state index contributed by atoms with van der Waals surface area (Å²) in [5.74, 6) is 2.37. The molecule has 7 heteroatoms. The third-order valence-electron chi connectivity index (χ3n) is 3.99. The molecule has 1 saturated carbocycles. The maximum Gasteiger partial charge on any atom is 0.335 e. The van der Waals surface area contributed by atoms with E-state index in [1.807, 2.05) is 5.25 Å². The fourth-order valence-corrected chi connectivity index (χ4v) is 3.36. The molecule has 2 aliphatic rings. The first-order valence-corrected chi connectivity index (χ1v) is 7.75. The molecule has 0 radical (unpaired) electrons. The van der Waals surface area contributed by atoms with Crippen molar-refractivity contribution in [3.05, 3.63) is 0 Å². The maximum absolute atomic E-state index is 11.0. The zero-order chi connectivity index (χ0) is 14.0. The van der Waals surface area contributed by atoms with Crippen molar-refractivity contribution >= 4 is 16.1 Å². The van der Waals surface area contributed by atoms with Gasteiger partial charge in [-0.15, -0.1) is 0 Å². The smallest absolute Gasteiger partial charge is 0.335 e. The standard InChI is InChI=1S/C12H17NO5S/c14-12(15)11-6-10-5-8(3-4-19(16,17)18)1-2-9(10)7-13-11/h8-11,13H,1-2,5-7H2,(H,14,15)(H,16,17,18). The van der Waals surface area contributed by atoms with Gasteiger partial charge in [-0.1, -0.05) is 5.92 Å². The van der Waals surface area contributed by atoms with Gasteiger partial charge in [-0.2, -0.15) is 8.42 Å². The van der Waals surface area contributed by atoms with E-state index in [0.717, 1.165) is 12.8 Å². The monoisotopic (exact) mass is 287 g/mol. The second-order valence-electron chi connectivity index (χ2n) is 5.29. The summed E-state index contributed by atoms with van der Waals surface area (Å²) in [7, 11) is -4.24. The lowest BCUT2D eigenvalue weighted by Crippen LogP contribution is -2.49. The molecule has 4 unspecified atom stereocenters. The van der Waals surface area contributed by atoms with Crippen molar-refractivity contribution in [1.82, 2.24) is 5.32 Å². The highest BCUT2D eigenvalue weighted by Crippen LogP contribution is 2.38. The number of nitrogens with one attached hydrogen (secondary N) is 1. The Labute approximate surface area is 112 Å². The second-order valence-corrected chi connectivity index (χ2v) is 6.44. The molecule has 106 valence electrons. The van der Waals surface area contributed by atoms with Gasteiger partial charge in [0.15, 0.2) is 0 Å². The first kappa shape index (κ1) is 14.3. The summed E-state index contributed by atoms with van der Waals surface area (Å²) in [5.41, 5.74) is 0. The average molecular weight is 287 g/mol. The van der Waals surface area contributed by atoms with Crippen LogP contribution in [0.3, 0.4) is 0 Å². The molecular formula is C12H17NO5S. The van der Waals surface area contributed by atoms with Gasteiger partial charge in [0.05, 0.1) is 5.25 Å². The normalized spacial score (nSPS) is 34.8. The molecule has 2 rings (SSSR count). The van der Waals surface area contributed by atoms with Crippen molar-refractivity contribution in [2.45, 2.75) is 31.7 Å². The first-order chi connectivity index (χ1) is 8.85. The van der Waals surface area contributed by atoms with Crippen LogP contribution in [0.1, 0.15) is 25.7 Å². The molecule has 6 nitrogen and oxygen atoms in total. The van der Waals surface area contributed by atoms with E-state index in [2.05, 4.69) is 11.2 Å². The molecule has 0 aromatic carbocycles. The molecule has 0 amide bonds. The Morgan fingerprint density at radius 3 is 2.58 bits per heavy atom. The van der Waals surface area contributed by atoms with Crippen LogP contribution in [0, 0.1) is 28.9 Å². The minimum atomic E-state index is -4.24. The summed E-state index contributed by atoms with van der Waals surface area (Å²) in [6, 6.07) is -0.519. The molecule has 4 atom stereocenters. The number of hydrogen-bond acceptors (Lipinski definition) is 4. The summed E-state index contributed by atoms with van der Waals surface area (Å²) in [6.45, 7) is 0.695. The van der Waals surface area contributed by atoms with Crippen LogP contribution in [-0.2, 0) is 14.9 Å². The molecule has 1 saturated heterocycles. The Morgan fingerprint density at radius 2 is 1.95 bits per heavy atom. The van der Waals surface area contributed by atoms with Crippen LogP contribution >= 0.6 is 0 Å². The predicted molar refractivity (Wildman–Crippen MR) is 67.7 cm³/mol. The Balaban J connectivity index is 2.00. The van der Waals surface area contributed by atoms with Gasteiger partial charge < -0.3 is 10.4 Å². The highest BCUT2D eigenvalue weighted by atomic mass is 32.2. The van der Waals surface area contributed by atoms with Gasteiger partial charge in [0, 0.05) is 5.92 Å². The number of piperidine rings is 1. The van der Waals surface area contributed by atoms with Gasteiger partial charge in [-0.05, 0) is 44.1 Å². The van der Waals surface area contributed by atoms with Crippen molar-refractivity contribution in [3.8, 4) is 11.2 Å². The minimum Gasteiger partial charge on any atom is -0.480 e. The van der Waals surface area contributed by atoms with Gasteiger partial charge in [0.1, 0.15) is 6.04 Å². The van der Waals surface area contributed by atoms with Crippen molar-refractivity contribution in [1.29, 1.82) is 0 Å². The number of carboxylic acid groups (broad SMARTS) is 1. The molecule has 0 aromatic heterocycles. The maximum atomic E-state index is 11.0. The van der Waals surface area contributed by atoms with E-state index in [9.17, 15) is 13.2 Å². The van der Waals surface area contributed by atoms with E-state index in [4.69, 9.17) is 9.66 Å². The van der Waals surface area contributed by atoms with Crippen LogP contribution in [0.4, 0.5) is 0 Å². The Kier molecular flexibility index (Phi) is 4.13. The van der Waals surface area contributed by atoms with E-state index >= 15 is 0 Å². The molecule has 0 bridgehead atoms. The summed E-state index contributed by atoms with van der Waals surface area (Å²) >= 11 is 0. The van der Waals surface area contributed by atoms with Gasteiger partial charge in [-0.25, -0.2) is 0 Å². The summed E-state index contributed by atoms with van der Waals surface area (Å²) < 4.78 is 29.8. The molecular weight excluding hydrogens is 270 g/mol. The Hall–Kier alpha value is -1.10. The van der Waals surface area contributed by atoms with E-state index < -0.39 is 22.1 Å². The van der Waals surface area contributed by atoms with E-state index in [0.29, 0.717) is 25.3 Å². The first-order valence-electron chi connectivity index (χ1n) is 6.31. The lowest BCUT2D eigenvalue weighted by Gasteiger charge is -2.40. The van der Waals surface area contributed by atoms with Crippen molar-refractivity contribution in [2.75, 3.05) is 6.54 Å². The number of fused-ring (bicyclic) bond motifs is 1. The zero-order valence-electron chi connectivity index (χ0n) is 10.4. The van der Waals surface area contributed by atoms with Crippen LogP contribution in [0.2, 0.25) is 0 Å². The molecule has 0 spiro atoms. The van der Waals surface area contributed by atoms with Crippen molar-refractivity contribution < 1.29 is 22.9 Å².